The molecule has 2 aromatic carbocycles. The van der Waals surface area contributed by atoms with Crippen LogP contribution in [0.4, 0.5) is 9.18 Å². The van der Waals surface area contributed by atoms with Gasteiger partial charge in [0.1, 0.15) is 17.2 Å². The molecule has 3 rings (SSSR count). The summed E-state index contributed by atoms with van der Waals surface area (Å²) in [4.78, 5) is 13.8. The van der Waals surface area contributed by atoms with E-state index in [4.69, 9.17) is 14.2 Å². The lowest BCUT2D eigenvalue weighted by Gasteiger charge is -2.24. The lowest BCUT2D eigenvalue weighted by Crippen LogP contribution is -2.33. The number of nitrogens with zero attached hydrogens (tertiary/aromatic N) is 2. The second kappa shape index (κ2) is 12.3. The third-order valence-electron chi connectivity index (χ3n) is 5.28. The molecule has 0 N–H and O–H groups in total. The monoisotopic (exact) mass is 610 g/mol. The van der Waals surface area contributed by atoms with Crippen molar-refractivity contribution in [2.45, 2.75) is 44.2 Å². The first-order chi connectivity index (χ1) is 17.8. The van der Waals surface area contributed by atoms with E-state index in [0.29, 0.717) is 35.4 Å². The first kappa shape index (κ1) is 29.7. The molecule has 3 aromatic rings. The zero-order chi connectivity index (χ0) is 28.1. The number of halogens is 2. The molecule has 0 bridgehead atoms. The van der Waals surface area contributed by atoms with Gasteiger partial charge in [-0.1, -0.05) is 28.1 Å². The Hall–Kier alpha value is -2.89. The number of aromatic nitrogens is 1. The molecule has 0 aliphatic rings. The molecular formula is C27H32BrFN2O6S. The van der Waals surface area contributed by atoms with Gasteiger partial charge in [-0.15, -0.1) is 0 Å². The number of hydrogen-bond donors (Lipinski definition) is 0. The summed E-state index contributed by atoms with van der Waals surface area (Å²) in [7, 11) is -1.06. The van der Waals surface area contributed by atoms with Gasteiger partial charge in [0, 0.05) is 49.5 Å². The van der Waals surface area contributed by atoms with Crippen LogP contribution in [0.5, 0.6) is 5.75 Å². The SMILES string of the molecule is COCCCOc1cc(Br)cc(S(=O)(=O)n2cc(CN(C)C(=O)OC(C)(C)C)cc2-c2ccccc2F)c1. The Morgan fingerprint density at radius 3 is 2.47 bits per heavy atom. The molecule has 0 spiro atoms. The van der Waals surface area contributed by atoms with E-state index in [9.17, 15) is 17.6 Å². The van der Waals surface area contributed by atoms with E-state index in [1.807, 2.05) is 0 Å². The van der Waals surface area contributed by atoms with Gasteiger partial charge in [-0.05, 0) is 56.7 Å². The van der Waals surface area contributed by atoms with Gasteiger partial charge < -0.3 is 19.1 Å². The summed E-state index contributed by atoms with van der Waals surface area (Å²) in [6.07, 6.45) is 1.45. The number of amides is 1. The highest BCUT2D eigenvalue weighted by Gasteiger charge is 2.26. The topological polar surface area (TPSA) is 87.1 Å². The van der Waals surface area contributed by atoms with Gasteiger partial charge in [-0.2, -0.15) is 0 Å². The minimum Gasteiger partial charge on any atom is -0.493 e. The van der Waals surface area contributed by atoms with Gasteiger partial charge >= 0.3 is 6.09 Å². The molecule has 38 heavy (non-hydrogen) atoms. The molecular weight excluding hydrogens is 579 g/mol. The van der Waals surface area contributed by atoms with E-state index in [1.54, 1.807) is 53.1 Å². The van der Waals surface area contributed by atoms with E-state index >= 15 is 0 Å². The van der Waals surface area contributed by atoms with Crippen molar-refractivity contribution in [2.75, 3.05) is 27.4 Å². The Balaban J connectivity index is 2.03. The van der Waals surface area contributed by atoms with Crippen molar-refractivity contribution in [3.8, 4) is 17.0 Å². The second-order valence-electron chi connectivity index (χ2n) is 9.67. The minimum atomic E-state index is -4.20. The Bertz CT molecular complexity index is 1380. The van der Waals surface area contributed by atoms with Gasteiger partial charge in [-0.3, -0.25) is 0 Å². The van der Waals surface area contributed by atoms with Crippen molar-refractivity contribution in [2.24, 2.45) is 0 Å². The molecule has 206 valence electrons. The lowest BCUT2D eigenvalue weighted by atomic mass is 10.1. The Labute approximate surface area is 231 Å². The zero-order valence-corrected chi connectivity index (χ0v) is 24.4. The van der Waals surface area contributed by atoms with Crippen LogP contribution in [-0.2, 0) is 26.0 Å². The molecule has 0 fully saturated rings. The van der Waals surface area contributed by atoms with Gasteiger partial charge in [0.25, 0.3) is 10.0 Å². The highest BCUT2D eigenvalue weighted by Crippen LogP contribution is 2.32. The maximum absolute atomic E-state index is 14.8. The molecule has 8 nitrogen and oxygen atoms in total. The predicted octanol–water partition coefficient (Wildman–Crippen LogP) is 6.08. The predicted molar refractivity (Wildman–Crippen MR) is 146 cm³/mol. The molecule has 11 heteroatoms. The van der Waals surface area contributed by atoms with Crippen LogP contribution in [0.2, 0.25) is 0 Å². The molecule has 0 unspecified atom stereocenters. The highest BCUT2D eigenvalue weighted by atomic mass is 79.9. The normalized spacial score (nSPS) is 11.9. The van der Waals surface area contributed by atoms with Crippen LogP contribution in [-0.4, -0.2) is 56.4 Å². The van der Waals surface area contributed by atoms with Crippen LogP contribution in [0.15, 0.2) is 64.1 Å². The van der Waals surface area contributed by atoms with Gasteiger partial charge in [0.05, 0.1) is 23.7 Å². The average Bonchev–Trinajstić information content (AvgIpc) is 3.25. The third-order valence-corrected chi connectivity index (χ3v) is 7.39. The van der Waals surface area contributed by atoms with Crippen LogP contribution in [0, 0.1) is 5.82 Å². The standard InChI is InChI=1S/C27H32BrFN2O6S/c1-27(2,3)37-26(32)30(4)17-19-13-25(23-9-6-7-10-24(23)29)31(18-19)38(33,34)22-15-20(28)14-21(16-22)36-12-8-11-35-5/h6-7,9-10,13-16,18H,8,11-12,17H2,1-5H3. The number of ether oxygens (including phenoxy) is 3. The van der Waals surface area contributed by atoms with Crippen LogP contribution >= 0.6 is 15.9 Å². The molecule has 0 radical (unpaired) electrons. The molecule has 0 aliphatic heterocycles. The number of benzene rings is 2. The van der Waals surface area contributed by atoms with Crippen LogP contribution < -0.4 is 4.74 Å². The number of methoxy groups -OCH3 is 1. The molecule has 0 aliphatic carbocycles. The summed E-state index contributed by atoms with van der Waals surface area (Å²) in [5, 5.41) is 0. The molecule has 1 amide bonds. The van der Waals surface area contributed by atoms with Crippen LogP contribution in [0.1, 0.15) is 32.8 Å². The van der Waals surface area contributed by atoms with Crippen molar-refractivity contribution in [1.29, 1.82) is 0 Å². The van der Waals surface area contributed by atoms with E-state index in [1.165, 1.54) is 41.4 Å². The van der Waals surface area contributed by atoms with Crippen molar-refractivity contribution in [1.82, 2.24) is 8.87 Å². The first-order valence-electron chi connectivity index (χ1n) is 11.9. The molecule has 0 atom stereocenters. The Morgan fingerprint density at radius 2 is 1.82 bits per heavy atom. The number of carbonyl (C=O) groups is 1. The van der Waals surface area contributed by atoms with Gasteiger partial charge in [-0.25, -0.2) is 21.6 Å². The van der Waals surface area contributed by atoms with E-state index < -0.39 is 27.5 Å². The average molecular weight is 612 g/mol. The van der Waals surface area contributed by atoms with Crippen molar-refractivity contribution in [3.63, 3.8) is 0 Å². The quantitative estimate of drug-likeness (QED) is 0.259. The smallest absolute Gasteiger partial charge is 0.410 e. The van der Waals surface area contributed by atoms with Crippen molar-refractivity contribution < 1.29 is 31.8 Å². The number of carbonyl (C=O) groups excluding carboxylic acids is 1. The molecule has 0 saturated heterocycles. The molecule has 1 aromatic heterocycles. The van der Waals surface area contributed by atoms with E-state index in [0.717, 1.165) is 3.97 Å². The van der Waals surface area contributed by atoms with E-state index in [2.05, 4.69) is 15.9 Å². The number of hydrogen-bond acceptors (Lipinski definition) is 6. The Kier molecular flexibility index (Phi) is 9.61. The molecule has 1 heterocycles. The minimum absolute atomic E-state index is 0.0469. The summed E-state index contributed by atoms with van der Waals surface area (Å²) in [6, 6.07) is 12.0. The lowest BCUT2D eigenvalue weighted by molar-refractivity contribution is 0.0285. The van der Waals surface area contributed by atoms with Crippen LogP contribution in [0.3, 0.4) is 0 Å². The van der Waals surface area contributed by atoms with Gasteiger partial charge in [0.2, 0.25) is 0 Å². The van der Waals surface area contributed by atoms with Crippen LogP contribution in [0.25, 0.3) is 11.3 Å². The fraction of sp³-hybridized carbons (Fsp3) is 0.370. The zero-order valence-electron chi connectivity index (χ0n) is 22.0. The first-order valence-corrected chi connectivity index (χ1v) is 14.1. The van der Waals surface area contributed by atoms with E-state index in [-0.39, 0.29) is 22.7 Å². The summed E-state index contributed by atoms with van der Waals surface area (Å²) < 4.78 is 60.3. The summed E-state index contributed by atoms with van der Waals surface area (Å²) in [6.45, 7) is 6.16. The maximum atomic E-state index is 14.8. The Morgan fingerprint density at radius 1 is 1.11 bits per heavy atom. The third kappa shape index (κ3) is 7.58. The summed E-state index contributed by atoms with van der Waals surface area (Å²) in [5.41, 5.74) is 0.0147. The fourth-order valence-electron chi connectivity index (χ4n) is 3.60. The van der Waals surface area contributed by atoms with Crippen molar-refractivity contribution >= 4 is 32.0 Å². The molecule has 0 saturated carbocycles. The largest absolute Gasteiger partial charge is 0.493 e. The second-order valence-corrected chi connectivity index (χ2v) is 12.4. The number of rotatable bonds is 10. The van der Waals surface area contributed by atoms with Crippen molar-refractivity contribution in [3.05, 3.63) is 70.6 Å². The summed E-state index contributed by atoms with van der Waals surface area (Å²) in [5.74, 6) is -0.218. The maximum Gasteiger partial charge on any atom is 0.410 e. The van der Waals surface area contributed by atoms with Gasteiger partial charge in [0.15, 0.2) is 0 Å². The summed E-state index contributed by atoms with van der Waals surface area (Å²) >= 11 is 3.36. The fourth-order valence-corrected chi connectivity index (χ4v) is 5.68. The highest BCUT2D eigenvalue weighted by molar-refractivity contribution is 9.10.